The second kappa shape index (κ2) is 8.05. The summed E-state index contributed by atoms with van der Waals surface area (Å²) in [6, 6.07) is 34.6. The van der Waals surface area contributed by atoms with Crippen molar-refractivity contribution in [2.24, 2.45) is 0 Å². The van der Waals surface area contributed by atoms with E-state index in [4.69, 9.17) is 11.6 Å². The lowest BCUT2D eigenvalue weighted by atomic mass is 10.3. The van der Waals surface area contributed by atoms with Crippen molar-refractivity contribution in [1.82, 2.24) is 4.98 Å². The second-order valence-corrected chi connectivity index (χ2v) is 10.4. The maximum Gasteiger partial charge on any atom is 0.116 e. The molecular weight excluding hydrogens is 369 g/mol. The zero-order valence-corrected chi connectivity index (χ0v) is 16.5. The molecule has 0 radical (unpaired) electrons. The minimum atomic E-state index is -1.89. The molecule has 1 heterocycles. The molecule has 0 unspecified atom stereocenters. The third kappa shape index (κ3) is 3.67. The summed E-state index contributed by atoms with van der Waals surface area (Å²) >= 11 is 6.26. The van der Waals surface area contributed by atoms with Crippen molar-refractivity contribution >= 4 is 34.8 Å². The van der Waals surface area contributed by atoms with E-state index >= 15 is 0 Å². The molecule has 27 heavy (non-hydrogen) atoms. The SMILES string of the molecule is Clc1cncc(C[P+](c2ccccc2)(c2ccccc2)c2ccccc2)c1. The van der Waals surface area contributed by atoms with Crippen molar-refractivity contribution in [1.29, 1.82) is 0 Å². The van der Waals surface area contributed by atoms with Crippen LogP contribution in [0.25, 0.3) is 0 Å². The van der Waals surface area contributed by atoms with Crippen LogP contribution in [0.1, 0.15) is 5.56 Å². The first kappa shape index (κ1) is 17.9. The highest BCUT2D eigenvalue weighted by Crippen LogP contribution is 2.58. The quantitative estimate of drug-likeness (QED) is 0.427. The smallest absolute Gasteiger partial charge is 0.116 e. The molecule has 0 spiro atoms. The third-order valence-corrected chi connectivity index (χ3v) is 9.36. The van der Waals surface area contributed by atoms with Gasteiger partial charge >= 0.3 is 0 Å². The summed E-state index contributed by atoms with van der Waals surface area (Å²) in [4.78, 5) is 4.34. The summed E-state index contributed by atoms with van der Waals surface area (Å²) in [6.45, 7) is 0. The molecule has 132 valence electrons. The van der Waals surface area contributed by atoms with Crippen LogP contribution in [-0.2, 0) is 6.16 Å². The molecule has 0 aliphatic rings. The molecule has 0 bridgehead atoms. The molecular formula is C24H20ClNP+. The van der Waals surface area contributed by atoms with Crippen LogP contribution in [0, 0.1) is 0 Å². The molecule has 4 rings (SSSR count). The van der Waals surface area contributed by atoms with E-state index in [-0.39, 0.29) is 0 Å². The van der Waals surface area contributed by atoms with Gasteiger partial charge in [-0.25, -0.2) is 0 Å². The summed E-state index contributed by atoms with van der Waals surface area (Å²) in [5.74, 6) is 0. The Morgan fingerprint density at radius 1 is 0.630 bits per heavy atom. The van der Waals surface area contributed by atoms with Crippen molar-refractivity contribution in [2.45, 2.75) is 6.16 Å². The first-order valence-corrected chi connectivity index (χ1v) is 11.3. The van der Waals surface area contributed by atoms with Crippen molar-refractivity contribution in [3.8, 4) is 0 Å². The first-order chi connectivity index (χ1) is 13.3. The summed E-state index contributed by atoms with van der Waals surface area (Å²) in [7, 11) is -1.89. The number of hydrogen-bond donors (Lipinski definition) is 0. The summed E-state index contributed by atoms with van der Waals surface area (Å²) < 4.78 is 0. The average Bonchev–Trinajstić information content (AvgIpc) is 2.74. The lowest BCUT2D eigenvalue weighted by molar-refractivity contribution is 1.24. The summed E-state index contributed by atoms with van der Waals surface area (Å²) in [6.07, 6.45) is 4.52. The average molecular weight is 389 g/mol. The second-order valence-electron chi connectivity index (χ2n) is 6.49. The number of halogens is 1. The maximum atomic E-state index is 6.26. The normalized spacial score (nSPS) is 11.3. The lowest BCUT2D eigenvalue weighted by Gasteiger charge is -2.27. The van der Waals surface area contributed by atoms with E-state index in [1.165, 1.54) is 15.9 Å². The van der Waals surface area contributed by atoms with Crippen molar-refractivity contribution in [3.05, 3.63) is 120 Å². The van der Waals surface area contributed by atoms with Gasteiger partial charge in [0.1, 0.15) is 29.3 Å². The molecule has 4 aromatic rings. The number of hydrogen-bond acceptors (Lipinski definition) is 1. The molecule has 3 heteroatoms. The molecule has 0 aliphatic carbocycles. The van der Waals surface area contributed by atoms with Crippen molar-refractivity contribution < 1.29 is 0 Å². The number of pyridine rings is 1. The lowest BCUT2D eigenvalue weighted by Crippen LogP contribution is -2.32. The van der Waals surface area contributed by atoms with E-state index in [0.717, 1.165) is 11.7 Å². The summed E-state index contributed by atoms with van der Waals surface area (Å²) in [5.41, 5.74) is 1.16. The van der Waals surface area contributed by atoms with Gasteiger partial charge in [-0.1, -0.05) is 66.2 Å². The van der Waals surface area contributed by atoms with E-state index in [1.807, 2.05) is 12.3 Å². The van der Waals surface area contributed by atoms with Crippen LogP contribution in [0.4, 0.5) is 0 Å². The largest absolute Gasteiger partial charge is 0.263 e. The van der Waals surface area contributed by atoms with Crippen LogP contribution < -0.4 is 15.9 Å². The van der Waals surface area contributed by atoms with Gasteiger partial charge in [-0.3, -0.25) is 4.98 Å². The fourth-order valence-corrected chi connectivity index (χ4v) is 7.99. The highest BCUT2D eigenvalue weighted by Gasteiger charge is 2.45. The van der Waals surface area contributed by atoms with Crippen LogP contribution in [0.5, 0.6) is 0 Å². The maximum absolute atomic E-state index is 6.26. The van der Waals surface area contributed by atoms with Crippen molar-refractivity contribution in [2.75, 3.05) is 0 Å². The van der Waals surface area contributed by atoms with Gasteiger partial charge < -0.3 is 0 Å². The van der Waals surface area contributed by atoms with Crippen LogP contribution in [0.3, 0.4) is 0 Å². The first-order valence-electron chi connectivity index (χ1n) is 8.93. The highest BCUT2D eigenvalue weighted by atomic mass is 35.5. The predicted octanol–water partition coefficient (Wildman–Crippen LogP) is 5.23. The van der Waals surface area contributed by atoms with Crippen LogP contribution in [0.2, 0.25) is 5.02 Å². The predicted molar refractivity (Wildman–Crippen MR) is 118 cm³/mol. The Hall–Kier alpha value is -2.47. The molecule has 0 fully saturated rings. The zero-order chi connectivity index (χ0) is 18.5. The molecule has 0 N–H and O–H groups in total. The Bertz CT molecular complexity index is 907. The van der Waals surface area contributed by atoms with E-state index in [0.29, 0.717) is 5.02 Å². The van der Waals surface area contributed by atoms with E-state index in [1.54, 1.807) is 6.20 Å². The van der Waals surface area contributed by atoms with Gasteiger partial charge in [0.15, 0.2) is 0 Å². The van der Waals surface area contributed by atoms with Gasteiger partial charge in [-0.2, -0.15) is 0 Å². The molecule has 0 saturated heterocycles. The molecule has 0 amide bonds. The number of benzene rings is 3. The van der Waals surface area contributed by atoms with Gasteiger partial charge in [-0.15, -0.1) is 0 Å². The van der Waals surface area contributed by atoms with E-state index in [9.17, 15) is 0 Å². The van der Waals surface area contributed by atoms with Gasteiger partial charge in [0.05, 0.1) is 5.02 Å². The molecule has 1 nitrogen and oxygen atoms in total. The van der Waals surface area contributed by atoms with Crippen LogP contribution >= 0.6 is 18.9 Å². The third-order valence-electron chi connectivity index (χ3n) is 4.77. The van der Waals surface area contributed by atoms with E-state index in [2.05, 4.69) is 96.0 Å². The number of aromatic nitrogens is 1. The van der Waals surface area contributed by atoms with Gasteiger partial charge in [0.25, 0.3) is 0 Å². The number of nitrogens with zero attached hydrogens (tertiary/aromatic N) is 1. The van der Waals surface area contributed by atoms with Crippen LogP contribution in [0.15, 0.2) is 109 Å². The summed E-state index contributed by atoms with van der Waals surface area (Å²) in [5, 5.41) is 4.77. The monoisotopic (exact) mass is 388 g/mol. The van der Waals surface area contributed by atoms with Crippen LogP contribution in [-0.4, -0.2) is 4.98 Å². The van der Waals surface area contributed by atoms with E-state index < -0.39 is 7.26 Å². The number of rotatable bonds is 5. The van der Waals surface area contributed by atoms with Gasteiger partial charge in [0.2, 0.25) is 0 Å². The fourth-order valence-electron chi connectivity index (χ4n) is 3.58. The molecule has 1 aromatic heterocycles. The van der Waals surface area contributed by atoms with Crippen molar-refractivity contribution in [3.63, 3.8) is 0 Å². The minimum Gasteiger partial charge on any atom is -0.263 e. The molecule has 3 aromatic carbocycles. The Kier molecular flexibility index (Phi) is 5.34. The van der Waals surface area contributed by atoms with Gasteiger partial charge in [-0.05, 0) is 42.5 Å². The minimum absolute atomic E-state index is 0.680. The Labute approximate surface area is 166 Å². The molecule has 0 saturated carbocycles. The molecule has 0 atom stereocenters. The Morgan fingerprint density at radius 2 is 1.07 bits per heavy atom. The fraction of sp³-hybridized carbons (Fsp3) is 0.0417. The Balaban J connectivity index is 2.00. The molecule has 0 aliphatic heterocycles. The highest BCUT2D eigenvalue weighted by molar-refractivity contribution is 7.95. The zero-order valence-electron chi connectivity index (χ0n) is 14.9. The topological polar surface area (TPSA) is 12.9 Å². The standard InChI is InChI=1S/C24H20ClNP/c25-21-16-20(17-26-18-21)19-27(22-10-4-1-5-11-22,23-12-6-2-7-13-23)24-14-8-3-9-15-24/h1-18H,19H2/q+1. The Morgan fingerprint density at radius 3 is 1.48 bits per heavy atom. The van der Waals surface area contributed by atoms with Gasteiger partial charge in [0, 0.05) is 18.0 Å².